The zero-order valence-electron chi connectivity index (χ0n) is 8.42. The van der Waals surface area contributed by atoms with Crippen LogP contribution in [0.2, 0.25) is 0 Å². The number of hydrogen-bond acceptors (Lipinski definition) is 1. The first-order chi connectivity index (χ1) is 6.64. The van der Waals surface area contributed by atoms with E-state index in [1.165, 1.54) is 5.56 Å². The second-order valence-electron chi connectivity index (χ2n) is 4.21. The van der Waals surface area contributed by atoms with Gasteiger partial charge in [-0.3, -0.25) is 4.79 Å². The van der Waals surface area contributed by atoms with Gasteiger partial charge in [0, 0.05) is 0 Å². The number of rotatable bonds is 1. The Morgan fingerprint density at radius 1 is 1.43 bits per heavy atom. The molecule has 0 radical (unpaired) electrons. The van der Waals surface area contributed by atoms with E-state index >= 15 is 0 Å². The maximum absolute atomic E-state index is 11.5. The predicted molar refractivity (Wildman–Crippen MR) is 55.9 cm³/mol. The maximum atomic E-state index is 11.5. The molecule has 14 heavy (non-hydrogen) atoms. The Bertz CT molecular complexity index is 372. The number of hydrogen-bond donors (Lipinski definition) is 1. The van der Waals surface area contributed by atoms with Gasteiger partial charge in [0.05, 0.1) is 5.41 Å². The molecule has 1 aliphatic rings. The van der Waals surface area contributed by atoms with Gasteiger partial charge in [-0.15, -0.1) is 0 Å². The molecule has 2 rings (SSSR count). The highest BCUT2D eigenvalue weighted by Gasteiger charge is 2.36. The van der Waals surface area contributed by atoms with Crippen molar-refractivity contribution in [3.8, 4) is 0 Å². The molecule has 0 saturated heterocycles. The fraction of sp³-hybridized carbons (Fsp3) is 0.417. The van der Waals surface area contributed by atoms with E-state index in [1.807, 2.05) is 25.1 Å². The first-order valence-electron chi connectivity index (χ1n) is 5.03. The smallest absolute Gasteiger partial charge is 0.227 e. The van der Waals surface area contributed by atoms with Crippen LogP contribution in [0.5, 0.6) is 0 Å². The molecule has 0 saturated carbocycles. The molecular formula is C12H15NO. The molecule has 1 aliphatic carbocycles. The van der Waals surface area contributed by atoms with Gasteiger partial charge in [0.25, 0.3) is 0 Å². The number of primary amides is 1. The van der Waals surface area contributed by atoms with Crippen LogP contribution in [0.15, 0.2) is 24.3 Å². The van der Waals surface area contributed by atoms with E-state index in [1.54, 1.807) is 0 Å². The predicted octanol–water partition coefficient (Wildman–Crippen LogP) is 1.77. The standard InChI is InChI=1S/C12H15NO/c1-12(11(13)14)8-4-6-9-5-2-3-7-10(9)12/h2-3,5,7H,4,6,8H2,1H3,(H2,13,14)/t12-/m0/s1. The van der Waals surface area contributed by atoms with Crippen molar-refractivity contribution < 1.29 is 4.79 Å². The van der Waals surface area contributed by atoms with Crippen molar-refractivity contribution in [1.29, 1.82) is 0 Å². The van der Waals surface area contributed by atoms with Gasteiger partial charge < -0.3 is 5.73 Å². The first kappa shape index (κ1) is 9.25. The third-order valence-corrected chi connectivity index (χ3v) is 3.28. The van der Waals surface area contributed by atoms with E-state index in [9.17, 15) is 4.79 Å². The van der Waals surface area contributed by atoms with E-state index in [0.717, 1.165) is 24.8 Å². The lowest BCUT2D eigenvalue weighted by Gasteiger charge is -2.32. The van der Waals surface area contributed by atoms with Gasteiger partial charge in [-0.05, 0) is 37.3 Å². The van der Waals surface area contributed by atoms with Gasteiger partial charge in [0.2, 0.25) is 5.91 Å². The zero-order valence-corrected chi connectivity index (χ0v) is 8.42. The molecule has 1 aromatic rings. The Kier molecular flexibility index (Phi) is 2.06. The lowest BCUT2D eigenvalue weighted by molar-refractivity contribution is -0.123. The summed E-state index contributed by atoms with van der Waals surface area (Å²) in [6.45, 7) is 1.95. The highest BCUT2D eigenvalue weighted by molar-refractivity contribution is 5.87. The molecular weight excluding hydrogens is 174 g/mol. The Morgan fingerprint density at radius 3 is 2.86 bits per heavy atom. The van der Waals surface area contributed by atoms with Crippen LogP contribution in [0.3, 0.4) is 0 Å². The molecule has 1 aromatic carbocycles. The van der Waals surface area contributed by atoms with E-state index in [0.29, 0.717) is 0 Å². The quantitative estimate of drug-likeness (QED) is 0.718. The van der Waals surface area contributed by atoms with Crippen molar-refractivity contribution in [1.82, 2.24) is 0 Å². The minimum absolute atomic E-state index is 0.204. The van der Waals surface area contributed by atoms with Crippen LogP contribution in [0.4, 0.5) is 0 Å². The molecule has 74 valence electrons. The molecule has 0 spiro atoms. The molecule has 1 amide bonds. The van der Waals surface area contributed by atoms with Crippen molar-refractivity contribution in [2.75, 3.05) is 0 Å². The lowest BCUT2D eigenvalue weighted by atomic mass is 9.71. The number of benzene rings is 1. The summed E-state index contributed by atoms with van der Waals surface area (Å²) >= 11 is 0. The maximum Gasteiger partial charge on any atom is 0.227 e. The molecule has 0 aliphatic heterocycles. The average molecular weight is 189 g/mol. The number of aryl methyl sites for hydroxylation is 1. The largest absolute Gasteiger partial charge is 0.369 e. The number of nitrogens with two attached hydrogens (primary N) is 1. The highest BCUT2D eigenvalue weighted by atomic mass is 16.1. The van der Waals surface area contributed by atoms with E-state index < -0.39 is 5.41 Å². The number of carbonyl (C=O) groups is 1. The Hall–Kier alpha value is -1.31. The summed E-state index contributed by atoms with van der Waals surface area (Å²) in [6, 6.07) is 8.12. The van der Waals surface area contributed by atoms with Gasteiger partial charge >= 0.3 is 0 Å². The number of fused-ring (bicyclic) bond motifs is 1. The van der Waals surface area contributed by atoms with Crippen molar-refractivity contribution in [3.05, 3.63) is 35.4 Å². The SMILES string of the molecule is C[C@]1(C(N)=O)CCCc2ccccc21. The van der Waals surface area contributed by atoms with Crippen LogP contribution >= 0.6 is 0 Å². The van der Waals surface area contributed by atoms with E-state index in [2.05, 4.69) is 6.07 Å². The highest BCUT2D eigenvalue weighted by Crippen LogP contribution is 2.36. The van der Waals surface area contributed by atoms with Gasteiger partial charge in [0.15, 0.2) is 0 Å². The van der Waals surface area contributed by atoms with Gasteiger partial charge in [-0.2, -0.15) is 0 Å². The zero-order chi connectivity index (χ0) is 10.2. The van der Waals surface area contributed by atoms with E-state index in [4.69, 9.17) is 5.73 Å². The van der Waals surface area contributed by atoms with Crippen LogP contribution < -0.4 is 5.73 Å². The second-order valence-corrected chi connectivity index (χ2v) is 4.21. The van der Waals surface area contributed by atoms with Crippen LogP contribution in [-0.4, -0.2) is 5.91 Å². The minimum atomic E-state index is -0.450. The van der Waals surface area contributed by atoms with Gasteiger partial charge in [-0.1, -0.05) is 24.3 Å². The molecule has 0 bridgehead atoms. The minimum Gasteiger partial charge on any atom is -0.369 e. The molecule has 1 atom stereocenters. The molecule has 2 heteroatoms. The fourth-order valence-electron chi connectivity index (χ4n) is 2.30. The molecule has 0 heterocycles. The average Bonchev–Trinajstić information content (AvgIpc) is 2.18. The Balaban J connectivity index is 2.55. The normalized spacial score (nSPS) is 25.5. The summed E-state index contributed by atoms with van der Waals surface area (Å²) in [7, 11) is 0. The first-order valence-corrected chi connectivity index (χ1v) is 5.03. The van der Waals surface area contributed by atoms with Crippen molar-refractivity contribution >= 4 is 5.91 Å². The molecule has 2 nitrogen and oxygen atoms in total. The van der Waals surface area contributed by atoms with Gasteiger partial charge in [-0.25, -0.2) is 0 Å². The fourth-order valence-corrected chi connectivity index (χ4v) is 2.30. The van der Waals surface area contributed by atoms with Crippen molar-refractivity contribution in [2.45, 2.75) is 31.6 Å². The topological polar surface area (TPSA) is 43.1 Å². The summed E-state index contributed by atoms with van der Waals surface area (Å²) in [4.78, 5) is 11.5. The molecule has 2 N–H and O–H groups in total. The number of amides is 1. The monoisotopic (exact) mass is 189 g/mol. The molecule has 0 unspecified atom stereocenters. The third kappa shape index (κ3) is 1.22. The van der Waals surface area contributed by atoms with Crippen molar-refractivity contribution in [2.24, 2.45) is 5.73 Å². The van der Waals surface area contributed by atoms with Crippen LogP contribution in [-0.2, 0) is 16.6 Å². The van der Waals surface area contributed by atoms with Crippen molar-refractivity contribution in [3.63, 3.8) is 0 Å². The van der Waals surface area contributed by atoms with Gasteiger partial charge in [0.1, 0.15) is 0 Å². The number of carbonyl (C=O) groups excluding carboxylic acids is 1. The van der Waals surface area contributed by atoms with Crippen LogP contribution in [0.1, 0.15) is 30.9 Å². The molecule has 0 fully saturated rings. The van der Waals surface area contributed by atoms with E-state index in [-0.39, 0.29) is 5.91 Å². The molecule has 0 aromatic heterocycles. The van der Waals surface area contributed by atoms with Crippen LogP contribution in [0, 0.1) is 0 Å². The third-order valence-electron chi connectivity index (χ3n) is 3.28. The Labute approximate surface area is 84.1 Å². The summed E-state index contributed by atoms with van der Waals surface area (Å²) in [5, 5.41) is 0. The Morgan fingerprint density at radius 2 is 2.14 bits per heavy atom. The summed E-state index contributed by atoms with van der Waals surface area (Å²) in [5.41, 5.74) is 7.43. The lowest BCUT2D eigenvalue weighted by Crippen LogP contribution is -2.41. The van der Waals surface area contributed by atoms with Crippen LogP contribution in [0.25, 0.3) is 0 Å². The summed E-state index contributed by atoms with van der Waals surface area (Å²) in [5.74, 6) is -0.204. The second kappa shape index (κ2) is 3.12. The summed E-state index contributed by atoms with van der Waals surface area (Å²) < 4.78 is 0. The summed E-state index contributed by atoms with van der Waals surface area (Å²) in [6.07, 6.45) is 2.99.